The first-order chi connectivity index (χ1) is 16.4. The Kier molecular flexibility index (Phi) is 9.20. The van der Waals surface area contributed by atoms with Crippen LogP contribution in [0.15, 0.2) is 83.9 Å². The van der Waals surface area contributed by atoms with Gasteiger partial charge in [0.2, 0.25) is 15.9 Å². The topological polar surface area (TPSA) is 117 Å². The van der Waals surface area contributed by atoms with Crippen LogP contribution in [0.2, 0.25) is 0 Å². The van der Waals surface area contributed by atoms with Crippen molar-refractivity contribution >= 4 is 39.3 Å². The number of rotatable bonds is 11. The molecule has 0 spiro atoms. The van der Waals surface area contributed by atoms with Crippen LogP contribution in [0.4, 0.5) is 5.69 Å². The maximum atomic E-state index is 13.0. The lowest BCUT2D eigenvalue weighted by Gasteiger charge is -2.18. The fourth-order valence-electron chi connectivity index (χ4n) is 3.08. The maximum Gasteiger partial charge on any atom is 0.251 e. The first-order valence-electron chi connectivity index (χ1n) is 10.5. The highest BCUT2D eigenvalue weighted by Gasteiger charge is 2.25. The summed E-state index contributed by atoms with van der Waals surface area (Å²) in [6.07, 6.45) is 3.84. The van der Waals surface area contributed by atoms with Crippen molar-refractivity contribution < 1.29 is 18.0 Å². The molecule has 0 aliphatic heterocycles. The SMILES string of the molecule is CSCCC(NS(=O)(=O)c1ccccc1)C(=O)Nc1cccc(C(=O)NCc2ccccn2)c1. The number of carbonyl (C=O) groups excluding carboxylic acids is 2. The molecule has 8 nitrogen and oxygen atoms in total. The molecule has 178 valence electrons. The number of hydrogen-bond acceptors (Lipinski definition) is 6. The largest absolute Gasteiger partial charge is 0.346 e. The van der Waals surface area contributed by atoms with Gasteiger partial charge in [-0.3, -0.25) is 14.6 Å². The number of nitrogens with one attached hydrogen (secondary N) is 3. The molecule has 0 saturated heterocycles. The van der Waals surface area contributed by atoms with E-state index in [0.29, 0.717) is 23.4 Å². The summed E-state index contributed by atoms with van der Waals surface area (Å²) in [5, 5.41) is 5.51. The number of carbonyl (C=O) groups is 2. The van der Waals surface area contributed by atoms with Crippen molar-refractivity contribution in [2.45, 2.75) is 23.9 Å². The van der Waals surface area contributed by atoms with Gasteiger partial charge in [0.05, 0.1) is 17.1 Å². The lowest BCUT2D eigenvalue weighted by atomic mass is 10.1. The Labute approximate surface area is 203 Å². The first-order valence-corrected chi connectivity index (χ1v) is 13.4. The van der Waals surface area contributed by atoms with E-state index in [1.54, 1.807) is 54.7 Å². The number of benzene rings is 2. The van der Waals surface area contributed by atoms with E-state index in [9.17, 15) is 18.0 Å². The second-order valence-electron chi connectivity index (χ2n) is 7.34. The molecule has 1 unspecified atom stereocenters. The first kappa shape index (κ1) is 25.4. The predicted octanol–water partition coefficient (Wildman–Crippen LogP) is 3.05. The summed E-state index contributed by atoms with van der Waals surface area (Å²) in [6.45, 7) is 0.272. The molecule has 1 heterocycles. The Morgan fingerprint density at radius 3 is 2.47 bits per heavy atom. The number of sulfonamides is 1. The lowest BCUT2D eigenvalue weighted by molar-refractivity contribution is -0.117. The van der Waals surface area contributed by atoms with Crippen LogP contribution in [0.5, 0.6) is 0 Å². The third kappa shape index (κ3) is 7.41. The molecule has 0 radical (unpaired) electrons. The van der Waals surface area contributed by atoms with Gasteiger partial charge in [-0.05, 0) is 60.9 Å². The summed E-state index contributed by atoms with van der Waals surface area (Å²) in [4.78, 5) is 29.7. The minimum atomic E-state index is -3.87. The van der Waals surface area contributed by atoms with Crippen LogP contribution >= 0.6 is 11.8 Å². The molecule has 0 aliphatic rings. The Bertz CT molecular complexity index is 1210. The standard InChI is InChI=1S/C24H26N4O4S2/c1-33-15-13-22(28-34(31,32)21-11-3-2-4-12-21)24(30)27-19-10-7-8-18(16-19)23(29)26-17-20-9-5-6-14-25-20/h2-12,14,16,22,28H,13,15,17H2,1H3,(H,26,29)(H,27,30). The number of nitrogens with zero attached hydrogens (tertiary/aromatic N) is 1. The van der Waals surface area contributed by atoms with Crippen molar-refractivity contribution in [3.63, 3.8) is 0 Å². The molecule has 0 saturated carbocycles. The number of pyridine rings is 1. The Morgan fingerprint density at radius 1 is 1.00 bits per heavy atom. The summed E-state index contributed by atoms with van der Waals surface area (Å²) in [6, 6.07) is 18.8. The van der Waals surface area contributed by atoms with Crippen LogP contribution in [-0.4, -0.2) is 43.3 Å². The Balaban J connectivity index is 1.68. The molecule has 34 heavy (non-hydrogen) atoms. The number of aromatic nitrogens is 1. The van der Waals surface area contributed by atoms with E-state index in [4.69, 9.17) is 0 Å². The highest BCUT2D eigenvalue weighted by atomic mass is 32.2. The molecule has 3 aromatic rings. The molecule has 10 heteroatoms. The smallest absolute Gasteiger partial charge is 0.251 e. The summed E-state index contributed by atoms with van der Waals surface area (Å²) in [5.41, 5.74) is 1.48. The van der Waals surface area contributed by atoms with Gasteiger partial charge in [0.1, 0.15) is 6.04 Å². The van der Waals surface area contributed by atoms with Crippen LogP contribution in [0.3, 0.4) is 0 Å². The summed E-state index contributed by atoms with van der Waals surface area (Å²) < 4.78 is 28.0. The normalized spacial score (nSPS) is 12.0. The van der Waals surface area contributed by atoms with E-state index in [2.05, 4.69) is 20.3 Å². The van der Waals surface area contributed by atoms with Crippen molar-refractivity contribution in [2.24, 2.45) is 0 Å². The zero-order valence-corrected chi connectivity index (χ0v) is 20.2. The molecule has 0 fully saturated rings. The highest BCUT2D eigenvalue weighted by molar-refractivity contribution is 7.98. The van der Waals surface area contributed by atoms with Gasteiger partial charge in [-0.2, -0.15) is 16.5 Å². The molecule has 3 rings (SSSR count). The third-order valence-corrected chi connectivity index (χ3v) is 6.96. The molecule has 0 aliphatic carbocycles. The quantitative estimate of drug-likeness (QED) is 0.374. The molecule has 2 amide bonds. The van der Waals surface area contributed by atoms with E-state index in [-0.39, 0.29) is 17.3 Å². The Morgan fingerprint density at radius 2 is 1.76 bits per heavy atom. The van der Waals surface area contributed by atoms with E-state index in [0.717, 1.165) is 5.69 Å². The van der Waals surface area contributed by atoms with Crippen LogP contribution < -0.4 is 15.4 Å². The number of anilines is 1. The van der Waals surface area contributed by atoms with Gasteiger partial charge in [0.15, 0.2) is 0 Å². The van der Waals surface area contributed by atoms with Gasteiger partial charge in [-0.25, -0.2) is 8.42 Å². The average molecular weight is 499 g/mol. The Hall–Kier alpha value is -3.21. The van der Waals surface area contributed by atoms with Gasteiger partial charge < -0.3 is 10.6 Å². The molecule has 3 N–H and O–H groups in total. The van der Waals surface area contributed by atoms with Crippen molar-refractivity contribution in [3.8, 4) is 0 Å². The van der Waals surface area contributed by atoms with Gasteiger partial charge >= 0.3 is 0 Å². The van der Waals surface area contributed by atoms with Crippen LogP contribution in [-0.2, 0) is 21.4 Å². The average Bonchev–Trinajstić information content (AvgIpc) is 2.86. The van der Waals surface area contributed by atoms with Gasteiger partial charge in [-0.15, -0.1) is 0 Å². The lowest BCUT2D eigenvalue weighted by Crippen LogP contribution is -2.44. The van der Waals surface area contributed by atoms with Crippen LogP contribution in [0.1, 0.15) is 22.5 Å². The minimum Gasteiger partial charge on any atom is -0.346 e. The molecular formula is C24H26N4O4S2. The van der Waals surface area contributed by atoms with Gasteiger partial charge in [0, 0.05) is 17.4 Å². The summed E-state index contributed by atoms with van der Waals surface area (Å²) in [5.74, 6) is -0.226. The van der Waals surface area contributed by atoms with E-state index in [1.165, 1.54) is 23.9 Å². The molecule has 1 atom stereocenters. The molecule has 2 aromatic carbocycles. The van der Waals surface area contributed by atoms with E-state index in [1.807, 2.05) is 18.4 Å². The zero-order chi connectivity index (χ0) is 24.4. The highest BCUT2D eigenvalue weighted by Crippen LogP contribution is 2.15. The van der Waals surface area contributed by atoms with E-state index < -0.39 is 22.0 Å². The molecule has 1 aromatic heterocycles. The molecular weight excluding hydrogens is 472 g/mol. The second kappa shape index (κ2) is 12.3. The minimum absolute atomic E-state index is 0.0866. The monoisotopic (exact) mass is 498 g/mol. The van der Waals surface area contributed by atoms with Crippen molar-refractivity contribution in [1.82, 2.24) is 15.0 Å². The van der Waals surface area contributed by atoms with E-state index >= 15 is 0 Å². The number of amides is 2. The summed E-state index contributed by atoms with van der Waals surface area (Å²) >= 11 is 1.51. The number of hydrogen-bond donors (Lipinski definition) is 3. The maximum absolute atomic E-state index is 13.0. The van der Waals surface area contributed by atoms with Crippen molar-refractivity contribution in [3.05, 3.63) is 90.3 Å². The fraction of sp³-hybridized carbons (Fsp3) is 0.208. The summed E-state index contributed by atoms with van der Waals surface area (Å²) in [7, 11) is -3.87. The number of thioether (sulfide) groups is 1. The van der Waals surface area contributed by atoms with Crippen molar-refractivity contribution in [2.75, 3.05) is 17.3 Å². The molecule has 0 bridgehead atoms. The zero-order valence-electron chi connectivity index (χ0n) is 18.6. The van der Waals surface area contributed by atoms with Crippen molar-refractivity contribution in [1.29, 1.82) is 0 Å². The second-order valence-corrected chi connectivity index (χ2v) is 10.0. The fourth-order valence-corrected chi connectivity index (χ4v) is 4.80. The van der Waals surface area contributed by atoms with Gasteiger partial charge in [0.25, 0.3) is 5.91 Å². The van der Waals surface area contributed by atoms with Gasteiger partial charge in [-0.1, -0.05) is 30.3 Å². The third-order valence-electron chi connectivity index (χ3n) is 4.83. The predicted molar refractivity (Wildman–Crippen MR) is 134 cm³/mol. The van der Waals surface area contributed by atoms with Crippen LogP contribution in [0.25, 0.3) is 0 Å². The van der Waals surface area contributed by atoms with Crippen LogP contribution in [0, 0.1) is 0 Å².